The van der Waals surface area contributed by atoms with Crippen molar-refractivity contribution in [3.63, 3.8) is 0 Å². The summed E-state index contributed by atoms with van der Waals surface area (Å²) in [6.45, 7) is 2.19. The normalized spacial score (nSPS) is 12.8. The monoisotopic (exact) mass is 350 g/mol. The van der Waals surface area contributed by atoms with Crippen LogP contribution in [0.4, 0.5) is 4.39 Å². The van der Waals surface area contributed by atoms with E-state index in [0.29, 0.717) is 4.83 Å². The summed E-state index contributed by atoms with van der Waals surface area (Å²) in [5, 5.41) is 0. The van der Waals surface area contributed by atoms with E-state index in [0.717, 1.165) is 29.3 Å². The van der Waals surface area contributed by atoms with E-state index in [-0.39, 0.29) is 5.82 Å². The van der Waals surface area contributed by atoms with E-state index in [9.17, 15) is 4.39 Å². The molecule has 1 atom stereocenters. The molecule has 0 saturated carbocycles. The topological polar surface area (TPSA) is 0 Å². The number of aryl methyl sites for hydroxylation is 1. The molecule has 0 radical (unpaired) electrons. The Kier molecular flexibility index (Phi) is 6.59. The van der Waals surface area contributed by atoms with Crippen LogP contribution in [0, 0.1) is 5.82 Å². The lowest BCUT2D eigenvalue weighted by molar-refractivity contribution is 0.619. The van der Waals surface area contributed by atoms with Crippen LogP contribution >= 0.6 is 31.9 Å². The summed E-state index contributed by atoms with van der Waals surface area (Å²) < 4.78 is 13.9. The van der Waals surface area contributed by atoms with E-state index in [1.807, 2.05) is 6.07 Å². The average molecular weight is 352 g/mol. The van der Waals surface area contributed by atoms with Crippen molar-refractivity contribution in [1.29, 1.82) is 0 Å². The third-order valence-electron chi connectivity index (χ3n) is 2.51. The summed E-state index contributed by atoms with van der Waals surface area (Å²) in [5.74, 6) is -0.159. The van der Waals surface area contributed by atoms with Crippen molar-refractivity contribution in [3.8, 4) is 0 Å². The van der Waals surface area contributed by atoms with Gasteiger partial charge < -0.3 is 0 Å². The summed E-state index contributed by atoms with van der Waals surface area (Å²) in [7, 11) is 0. The van der Waals surface area contributed by atoms with Crippen LogP contribution in [-0.2, 0) is 6.42 Å². The molecular formula is C13H17Br2F. The number of benzene rings is 1. The minimum atomic E-state index is -0.159. The van der Waals surface area contributed by atoms with Gasteiger partial charge in [-0.3, -0.25) is 0 Å². The van der Waals surface area contributed by atoms with Crippen LogP contribution in [0.5, 0.6) is 0 Å². The molecule has 0 N–H and O–H groups in total. The molecule has 0 bridgehead atoms. The molecule has 0 aromatic heterocycles. The maximum atomic E-state index is 13.1. The lowest BCUT2D eigenvalue weighted by atomic mass is 10.1. The van der Waals surface area contributed by atoms with Gasteiger partial charge in [-0.25, -0.2) is 4.39 Å². The van der Waals surface area contributed by atoms with Gasteiger partial charge in [0.2, 0.25) is 0 Å². The molecule has 0 aliphatic heterocycles. The van der Waals surface area contributed by atoms with Crippen molar-refractivity contribution in [1.82, 2.24) is 0 Å². The standard InChI is InChI=1S/C13H17Br2F/c1-2-4-11(14)6-3-5-10-7-12(15)9-13(16)8-10/h7-9,11H,2-6H2,1H3. The minimum Gasteiger partial charge on any atom is -0.207 e. The largest absolute Gasteiger partial charge is 0.207 e. The lowest BCUT2D eigenvalue weighted by Gasteiger charge is -2.08. The first-order valence-electron chi connectivity index (χ1n) is 5.71. The third-order valence-corrected chi connectivity index (χ3v) is 3.88. The van der Waals surface area contributed by atoms with Crippen molar-refractivity contribution in [2.75, 3.05) is 0 Å². The van der Waals surface area contributed by atoms with E-state index < -0.39 is 0 Å². The first kappa shape index (κ1) is 14.2. The van der Waals surface area contributed by atoms with Crippen molar-refractivity contribution < 1.29 is 4.39 Å². The van der Waals surface area contributed by atoms with Crippen molar-refractivity contribution in [2.24, 2.45) is 0 Å². The Morgan fingerprint density at radius 2 is 2.00 bits per heavy atom. The zero-order valence-corrected chi connectivity index (χ0v) is 12.7. The molecule has 16 heavy (non-hydrogen) atoms. The fourth-order valence-corrected chi connectivity index (χ4v) is 3.03. The number of hydrogen-bond donors (Lipinski definition) is 0. The molecule has 0 amide bonds. The second-order valence-electron chi connectivity index (χ2n) is 4.06. The van der Waals surface area contributed by atoms with Gasteiger partial charge in [-0.1, -0.05) is 45.2 Å². The quantitative estimate of drug-likeness (QED) is 0.595. The van der Waals surface area contributed by atoms with Gasteiger partial charge in [0.1, 0.15) is 5.82 Å². The predicted molar refractivity (Wildman–Crippen MR) is 74.7 cm³/mol. The number of hydrogen-bond acceptors (Lipinski definition) is 0. The van der Waals surface area contributed by atoms with E-state index in [2.05, 4.69) is 38.8 Å². The highest BCUT2D eigenvalue weighted by atomic mass is 79.9. The first-order valence-corrected chi connectivity index (χ1v) is 7.41. The highest BCUT2D eigenvalue weighted by molar-refractivity contribution is 9.10. The van der Waals surface area contributed by atoms with Crippen molar-refractivity contribution >= 4 is 31.9 Å². The maximum Gasteiger partial charge on any atom is 0.124 e. The van der Waals surface area contributed by atoms with Crippen LogP contribution in [0.15, 0.2) is 22.7 Å². The summed E-state index contributed by atoms with van der Waals surface area (Å²) in [5.41, 5.74) is 1.07. The van der Waals surface area contributed by atoms with Crippen LogP contribution in [0.1, 0.15) is 38.2 Å². The molecule has 0 fully saturated rings. The summed E-state index contributed by atoms with van der Waals surface area (Å²) in [6, 6.07) is 5.10. The van der Waals surface area contributed by atoms with Crippen LogP contribution in [0.2, 0.25) is 0 Å². The predicted octanol–water partition coefficient (Wildman–Crippen LogP) is 5.47. The first-order chi connectivity index (χ1) is 7.61. The molecule has 1 unspecified atom stereocenters. The minimum absolute atomic E-state index is 0.159. The number of alkyl halides is 1. The summed E-state index contributed by atoms with van der Waals surface area (Å²) in [6.07, 6.45) is 5.63. The zero-order valence-electron chi connectivity index (χ0n) is 9.48. The Labute approximate surface area is 114 Å². The molecule has 1 aromatic carbocycles. The molecule has 0 aliphatic carbocycles. The third kappa shape index (κ3) is 5.44. The van der Waals surface area contributed by atoms with Crippen LogP contribution in [0.25, 0.3) is 0 Å². The van der Waals surface area contributed by atoms with Gasteiger partial charge in [0, 0.05) is 9.30 Å². The Bertz CT molecular complexity index is 305. The van der Waals surface area contributed by atoms with E-state index in [1.54, 1.807) is 6.07 Å². The molecule has 90 valence electrons. The summed E-state index contributed by atoms with van der Waals surface area (Å²) in [4.78, 5) is 0.606. The second kappa shape index (κ2) is 7.44. The van der Waals surface area contributed by atoms with Crippen molar-refractivity contribution in [3.05, 3.63) is 34.1 Å². The van der Waals surface area contributed by atoms with E-state index in [1.165, 1.54) is 18.9 Å². The van der Waals surface area contributed by atoms with Crippen molar-refractivity contribution in [2.45, 2.75) is 43.9 Å². The molecular weight excluding hydrogens is 335 g/mol. The number of halogens is 3. The smallest absolute Gasteiger partial charge is 0.124 e. The molecule has 0 saturated heterocycles. The molecule has 0 heterocycles. The van der Waals surface area contributed by atoms with E-state index in [4.69, 9.17) is 0 Å². The number of rotatable bonds is 6. The molecule has 3 heteroatoms. The SMILES string of the molecule is CCCC(Br)CCCc1cc(F)cc(Br)c1. The molecule has 0 aliphatic rings. The fourth-order valence-electron chi connectivity index (χ4n) is 1.74. The van der Waals surface area contributed by atoms with Crippen LogP contribution in [-0.4, -0.2) is 4.83 Å². The van der Waals surface area contributed by atoms with Gasteiger partial charge in [0.25, 0.3) is 0 Å². The van der Waals surface area contributed by atoms with Crippen LogP contribution in [0.3, 0.4) is 0 Å². The van der Waals surface area contributed by atoms with E-state index >= 15 is 0 Å². The Morgan fingerprint density at radius 3 is 2.62 bits per heavy atom. The van der Waals surface area contributed by atoms with Gasteiger partial charge >= 0.3 is 0 Å². The fraction of sp³-hybridized carbons (Fsp3) is 0.538. The highest BCUT2D eigenvalue weighted by Gasteiger charge is 2.04. The van der Waals surface area contributed by atoms with Gasteiger partial charge in [0.05, 0.1) is 0 Å². The Morgan fingerprint density at radius 1 is 1.25 bits per heavy atom. The lowest BCUT2D eigenvalue weighted by Crippen LogP contribution is -1.98. The van der Waals surface area contributed by atoms with Crippen LogP contribution < -0.4 is 0 Å². The molecule has 1 aromatic rings. The maximum absolute atomic E-state index is 13.1. The van der Waals surface area contributed by atoms with Gasteiger partial charge in [0.15, 0.2) is 0 Å². The average Bonchev–Trinajstić information content (AvgIpc) is 2.16. The molecule has 1 rings (SSSR count). The Hall–Kier alpha value is 0.110. The molecule has 0 nitrogen and oxygen atoms in total. The molecule has 0 spiro atoms. The highest BCUT2D eigenvalue weighted by Crippen LogP contribution is 2.19. The second-order valence-corrected chi connectivity index (χ2v) is 6.27. The van der Waals surface area contributed by atoms with Gasteiger partial charge in [-0.05, 0) is 49.4 Å². The van der Waals surface area contributed by atoms with Gasteiger partial charge in [-0.2, -0.15) is 0 Å². The summed E-state index contributed by atoms with van der Waals surface area (Å²) >= 11 is 6.97. The van der Waals surface area contributed by atoms with Gasteiger partial charge in [-0.15, -0.1) is 0 Å². The Balaban J connectivity index is 2.37. The zero-order chi connectivity index (χ0) is 12.0.